The second-order valence-electron chi connectivity index (χ2n) is 5.56. The Labute approximate surface area is 146 Å². The van der Waals surface area contributed by atoms with E-state index in [0.717, 1.165) is 23.1 Å². The van der Waals surface area contributed by atoms with Gasteiger partial charge in [-0.1, -0.05) is 15.9 Å². The van der Waals surface area contributed by atoms with Gasteiger partial charge in [0.15, 0.2) is 0 Å². The quantitative estimate of drug-likeness (QED) is 0.635. The maximum atomic E-state index is 11.6. The third-order valence-corrected chi connectivity index (χ3v) is 4.17. The van der Waals surface area contributed by atoms with Crippen molar-refractivity contribution in [2.24, 2.45) is 11.7 Å². The summed E-state index contributed by atoms with van der Waals surface area (Å²) in [5, 5.41) is 2.91. The van der Waals surface area contributed by atoms with E-state index in [1.807, 2.05) is 24.3 Å². The number of nitrogens with one attached hydrogen (secondary N) is 1. The van der Waals surface area contributed by atoms with Crippen LogP contribution in [-0.4, -0.2) is 25.1 Å². The van der Waals surface area contributed by atoms with Crippen molar-refractivity contribution < 1.29 is 9.53 Å². The van der Waals surface area contributed by atoms with Gasteiger partial charge in [-0.3, -0.25) is 4.79 Å². The molecule has 2 rings (SSSR count). The molecular formula is C16H24BrClN2O2. The highest BCUT2D eigenvalue weighted by molar-refractivity contribution is 9.10. The molecule has 1 fully saturated rings. The number of halogens is 2. The maximum absolute atomic E-state index is 11.6. The van der Waals surface area contributed by atoms with Crippen molar-refractivity contribution in [2.45, 2.75) is 38.1 Å². The van der Waals surface area contributed by atoms with E-state index in [1.165, 1.54) is 12.8 Å². The molecule has 6 heteroatoms. The van der Waals surface area contributed by atoms with Crippen LogP contribution in [0.1, 0.15) is 32.1 Å². The van der Waals surface area contributed by atoms with Crippen molar-refractivity contribution in [1.29, 1.82) is 0 Å². The van der Waals surface area contributed by atoms with E-state index < -0.39 is 0 Å². The lowest BCUT2D eigenvalue weighted by atomic mass is 10.2. The lowest BCUT2D eigenvalue weighted by Crippen LogP contribution is -2.38. The minimum atomic E-state index is 0. The number of ether oxygens (including phenoxy) is 1. The maximum Gasteiger partial charge on any atom is 0.220 e. The van der Waals surface area contributed by atoms with Gasteiger partial charge in [0.25, 0.3) is 0 Å². The van der Waals surface area contributed by atoms with Gasteiger partial charge < -0.3 is 15.8 Å². The van der Waals surface area contributed by atoms with Gasteiger partial charge in [0, 0.05) is 23.5 Å². The number of hydrogen-bond donors (Lipinski definition) is 2. The van der Waals surface area contributed by atoms with Gasteiger partial charge in [-0.25, -0.2) is 0 Å². The molecule has 1 aromatic rings. The van der Waals surface area contributed by atoms with Crippen molar-refractivity contribution in [3.8, 4) is 5.75 Å². The monoisotopic (exact) mass is 390 g/mol. The second-order valence-corrected chi connectivity index (χ2v) is 6.48. The first-order valence-electron chi connectivity index (χ1n) is 7.56. The Morgan fingerprint density at radius 3 is 2.64 bits per heavy atom. The number of unbranched alkanes of at least 4 members (excludes halogenated alkanes) is 1. The molecule has 0 aliphatic heterocycles. The molecule has 0 bridgehead atoms. The van der Waals surface area contributed by atoms with Crippen LogP contribution in [0.3, 0.4) is 0 Å². The lowest BCUT2D eigenvalue weighted by molar-refractivity contribution is -0.121. The van der Waals surface area contributed by atoms with Crippen LogP contribution in [-0.2, 0) is 4.79 Å². The standard InChI is InChI=1S/C16H23BrN2O2.ClH/c17-13-6-8-14(9-7-13)21-10-2-1-3-16(20)19-11-15(18)12-4-5-12;/h6-9,12,15H,1-5,10-11,18H2,(H,19,20);1H. The van der Waals surface area contributed by atoms with Crippen molar-refractivity contribution in [3.05, 3.63) is 28.7 Å². The summed E-state index contributed by atoms with van der Waals surface area (Å²) in [5.74, 6) is 1.58. The van der Waals surface area contributed by atoms with E-state index in [4.69, 9.17) is 10.5 Å². The summed E-state index contributed by atoms with van der Waals surface area (Å²) in [6.07, 6.45) is 4.68. The lowest BCUT2D eigenvalue weighted by Gasteiger charge is -2.11. The van der Waals surface area contributed by atoms with Crippen LogP contribution in [0.5, 0.6) is 5.75 Å². The summed E-state index contributed by atoms with van der Waals surface area (Å²) in [4.78, 5) is 11.6. The van der Waals surface area contributed by atoms with Crippen molar-refractivity contribution in [1.82, 2.24) is 5.32 Å². The van der Waals surface area contributed by atoms with Gasteiger partial charge in [0.1, 0.15) is 5.75 Å². The molecule has 1 saturated carbocycles. The fourth-order valence-corrected chi connectivity index (χ4v) is 2.38. The van der Waals surface area contributed by atoms with Gasteiger partial charge >= 0.3 is 0 Å². The number of carbonyl (C=O) groups is 1. The molecule has 124 valence electrons. The molecule has 1 amide bonds. The van der Waals surface area contributed by atoms with Crippen LogP contribution in [0.15, 0.2) is 28.7 Å². The highest BCUT2D eigenvalue weighted by atomic mass is 79.9. The van der Waals surface area contributed by atoms with Gasteiger partial charge in [-0.05, 0) is 55.9 Å². The number of rotatable bonds is 9. The average Bonchev–Trinajstić information content (AvgIpc) is 3.31. The average molecular weight is 392 g/mol. The van der Waals surface area contributed by atoms with Crippen LogP contribution in [0.2, 0.25) is 0 Å². The van der Waals surface area contributed by atoms with Gasteiger partial charge in [-0.15, -0.1) is 12.4 Å². The van der Waals surface area contributed by atoms with Crippen LogP contribution in [0.4, 0.5) is 0 Å². The zero-order chi connectivity index (χ0) is 15.1. The SMILES string of the molecule is Cl.NC(CNC(=O)CCCCOc1ccc(Br)cc1)C1CC1. The molecule has 3 N–H and O–H groups in total. The summed E-state index contributed by atoms with van der Waals surface area (Å²) in [7, 11) is 0. The predicted octanol–water partition coefficient (Wildman–Crippen LogP) is 3.27. The largest absolute Gasteiger partial charge is 0.494 e. The van der Waals surface area contributed by atoms with Crippen LogP contribution in [0.25, 0.3) is 0 Å². The Bertz CT molecular complexity index is 452. The molecule has 0 saturated heterocycles. The molecule has 1 atom stereocenters. The third kappa shape index (κ3) is 7.47. The minimum Gasteiger partial charge on any atom is -0.494 e. The molecule has 1 aromatic carbocycles. The van der Waals surface area contributed by atoms with Gasteiger partial charge in [0.2, 0.25) is 5.91 Å². The molecule has 1 unspecified atom stereocenters. The Morgan fingerprint density at radius 1 is 1.32 bits per heavy atom. The zero-order valence-corrected chi connectivity index (χ0v) is 15.0. The number of benzene rings is 1. The fraction of sp³-hybridized carbons (Fsp3) is 0.562. The summed E-state index contributed by atoms with van der Waals surface area (Å²) in [5.41, 5.74) is 5.94. The second kappa shape index (κ2) is 10.1. The highest BCUT2D eigenvalue weighted by Gasteiger charge is 2.28. The smallest absolute Gasteiger partial charge is 0.220 e. The number of amides is 1. The number of carbonyl (C=O) groups excluding carboxylic acids is 1. The van der Waals surface area contributed by atoms with Crippen molar-refractivity contribution in [3.63, 3.8) is 0 Å². The van der Waals surface area contributed by atoms with Crippen LogP contribution >= 0.6 is 28.3 Å². The Hall–Kier alpha value is -0.780. The van der Waals surface area contributed by atoms with Gasteiger partial charge in [0.05, 0.1) is 6.61 Å². The Morgan fingerprint density at radius 2 is 2.00 bits per heavy atom. The number of nitrogens with two attached hydrogens (primary N) is 1. The molecule has 1 aliphatic carbocycles. The minimum absolute atomic E-state index is 0. The van der Waals surface area contributed by atoms with Crippen LogP contribution < -0.4 is 15.8 Å². The fourth-order valence-electron chi connectivity index (χ4n) is 2.12. The molecular weight excluding hydrogens is 368 g/mol. The highest BCUT2D eigenvalue weighted by Crippen LogP contribution is 2.31. The summed E-state index contributed by atoms with van der Waals surface area (Å²) in [6, 6.07) is 7.89. The van der Waals surface area contributed by atoms with E-state index in [9.17, 15) is 4.79 Å². The summed E-state index contributed by atoms with van der Waals surface area (Å²) in [6.45, 7) is 1.25. The Kier molecular flexibility index (Phi) is 8.83. The molecule has 4 nitrogen and oxygen atoms in total. The topological polar surface area (TPSA) is 64.3 Å². The van der Waals surface area contributed by atoms with E-state index in [-0.39, 0.29) is 24.4 Å². The molecule has 0 radical (unpaired) electrons. The van der Waals surface area contributed by atoms with E-state index in [1.54, 1.807) is 0 Å². The van der Waals surface area contributed by atoms with E-state index >= 15 is 0 Å². The predicted molar refractivity (Wildman–Crippen MR) is 94.4 cm³/mol. The molecule has 0 aromatic heterocycles. The molecule has 0 heterocycles. The summed E-state index contributed by atoms with van der Waals surface area (Å²) >= 11 is 3.38. The van der Waals surface area contributed by atoms with Crippen molar-refractivity contribution >= 4 is 34.2 Å². The van der Waals surface area contributed by atoms with E-state index in [0.29, 0.717) is 25.5 Å². The first kappa shape index (κ1) is 19.3. The molecule has 0 spiro atoms. The number of hydrogen-bond acceptors (Lipinski definition) is 3. The molecule has 22 heavy (non-hydrogen) atoms. The third-order valence-electron chi connectivity index (χ3n) is 3.64. The van der Waals surface area contributed by atoms with Crippen LogP contribution in [0, 0.1) is 5.92 Å². The first-order valence-corrected chi connectivity index (χ1v) is 8.35. The van der Waals surface area contributed by atoms with E-state index in [2.05, 4.69) is 21.2 Å². The van der Waals surface area contributed by atoms with Crippen molar-refractivity contribution in [2.75, 3.05) is 13.2 Å². The zero-order valence-electron chi connectivity index (χ0n) is 12.6. The molecule has 1 aliphatic rings. The normalized spacial score (nSPS) is 14.8. The van der Waals surface area contributed by atoms with Gasteiger partial charge in [-0.2, -0.15) is 0 Å². The summed E-state index contributed by atoms with van der Waals surface area (Å²) < 4.78 is 6.65. The Balaban J connectivity index is 0.00000242. The first-order chi connectivity index (χ1) is 10.1.